The summed E-state index contributed by atoms with van der Waals surface area (Å²) >= 11 is 0. The maximum atomic E-state index is 13.2. The fraction of sp³-hybridized carbons (Fsp3) is 0.500. The van der Waals surface area contributed by atoms with Gasteiger partial charge in [0.15, 0.2) is 0 Å². The van der Waals surface area contributed by atoms with Gasteiger partial charge in [0.1, 0.15) is 5.75 Å². The van der Waals surface area contributed by atoms with Crippen LogP contribution in [0.15, 0.2) is 41.1 Å². The minimum absolute atomic E-state index is 0.143. The average Bonchev–Trinajstić information content (AvgIpc) is 3.43. The first kappa shape index (κ1) is 19.5. The summed E-state index contributed by atoms with van der Waals surface area (Å²) in [6.45, 7) is 2.04. The van der Waals surface area contributed by atoms with Crippen molar-refractivity contribution < 1.29 is 18.8 Å². The van der Waals surface area contributed by atoms with Crippen molar-refractivity contribution in [3.63, 3.8) is 0 Å². The lowest BCUT2D eigenvalue weighted by Crippen LogP contribution is -2.42. The molecule has 2 aliphatic rings. The van der Waals surface area contributed by atoms with Gasteiger partial charge < -0.3 is 19.1 Å². The number of aromatic nitrogens is 1. The van der Waals surface area contributed by atoms with Crippen LogP contribution in [-0.2, 0) is 11.3 Å². The molecule has 4 rings (SSSR count). The molecule has 2 heterocycles. The van der Waals surface area contributed by atoms with Gasteiger partial charge in [-0.25, -0.2) is 0 Å². The molecule has 0 bridgehead atoms. The number of methoxy groups -OCH3 is 1. The van der Waals surface area contributed by atoms with Gasteiger partial charge in [-0.3, -0.25) is 9.59 Å². The molecular weight excluding hydrogens is 370 g/mol. The number of carbonyl (C=O) groups excluding carboxylic acids is 2. The molecule has 2 amide bonds. The molecule has 1 aromatic carbocycles. The van der Waals surface area contributed by atoms with Crippen LogP contribution in [0.5, 0.6) is 5.75 Å². The molecular formula is C22H27N3O4. The topological polar surface area (TPSA) is 75.9 Å². The number of nitrogens with zero attached hydrogens (tertiary/aromatic N) is 3. The molecule has 1 aliphatic heterocycles. The van der Waals surface area contributed by atoms with E-state index in [4.69, 9.17) is 9.26 Å². The molecule has 1 unspecified atom stereocenters. The Hall–Kier alpha value is -2.83. The van der Waals surface area contributed by atoms with Gasteiger partial charge in [-0.15, -0.1) is 0 Å². The van der Waals surface area contributed by atoms with E-state index in [0.717, 1.165) is 37.2 Å². The van der Waals surface area contributed by atoms with Gasteiger partial charge in [0.2, 0.25) is 11.7 Å². The maximum Gasteiger partial charge on any atom is 0.293 e. The lowest BCUT2D eigenvalue weighted by Gasteiger charge is -2.30. The molecule has 154 valence electrons. The fourth-order valence-corrected chi connectivity index (χ4v) is 3.91. The monoisotopic (exact) mass is 397 g/mol. The van der Waals surface area contributed by atoms with Gasteiger partial charge in [-0.2, -0.15) is 0 Å². The number of carbonyl (C=O) groups is 2. The third-order valence-electron chi connectivity index (χ3n) is 5.77. The van der Waals surface area contributed by atoms with Crippen molar-refractivity contribution in [1.29, 1.82) is 0 Å². The predicted molar refractivity (Wildman–Crippen MR) is 106 cm³/mol. The molecule has 0 N–H and O–H groups in total. The highest BCUT2D eigenvalue weighted by atomic mass is 16.5. The Morgan fingerprint density at radius 3 is 2.69 bits per heavy atom. The quantitative estimate of drug-likeness (QED) is 0.718. The highest BCUT2D eigenvalue weighted by Crippen LogP contribution is 2.31. The lowest BCUT2D eigenvalue weighted by atomic mass is 10.0. The van der Waals surface area contributed by atoms with E-state index in [9.17, 15) is 9.59 Å². The fourth-order valence-electron chi connectivity index (χ4n) is 3.91. The molecule has 29 heavy (non-hydrogen) atoms. The van der Waals surface area contributed by atoms with Crippen molar-refractivity contribution in [1.82, 2.24) is 15.0 Å². The van der Waals surface area contributed by atoms with E-state index in [1.807, 2.05) is 29.2 Å². The van der Waals surface area contributed by atoms with E-state index >= 15 is 0 Å². The number of ether oxygens (including phenoxy) is 1. The minimum Gasteiger partial charge on any atom is -0.497 e. The Kier molecular flexibility index (Phi) is 5.83. The van der Waals surface area contributed by atoms with Crippen LogP contribution in [0.3, 0.4) is 0 Å². The van der Waals surface area contributed by atoms with Gasteiger partial charge in [-0.1, -0.05) is 17.3 Å². The van der Waals surface area contributed by atoms with E-state index in [1.165, 1.54) is 19.0 Å². The second kappa shape index (κ2) is 8.68. The zero-order chi connectivity index (χ0) is 20.2. The predicted octanol–water partition coefficient (Wildman–Crippen LogP) is 3.12. The maximum absolute atomic E-state index is 13.2. The number of benzene rings is 1. The van der Waals surface area contributed by atoms with Crippen LogP contribution in [0.25, 0.3) is 0 Å². The second-order valence-corrected chi connectivity index (χ2v) is 7.94. The van der Waals surface area contributed by atoms with E-state index in [2.05, 4.69) is 5.16 Å². The second-order valence-electron chi connectivity index (χ2n) is 7.94. The summed E-state index contributed by atoms with van der Waals surface area (Å²) in [7, 11) is 1.62. The van der Waals surface area contributed by atoms with Gasteiger partial charge in [0, 0.05) is 38.2 Å². The Morgan fingerprint density at radius 2 is 2.03 bits per heavy atom. The summed E-state index contributed by atoms with van der Waals surface area (Å²) in [5.74, 6) is 1.55. The zero-order valence-corrected chi connectivity index (χ0v) is 16.8. The van der Waals surface area contributed by atoms with Crippen molar-refractivity contribution in [3.05, 3.63) is 47.9 Å². The number of hydrogen-bond donors (Lipinski definition) is 0. The lowest BCUT2D eigenvalue weighted by molar-refractivity contribution is -0.131. The highest BCUT2D eigenvalue weighted by Gasteiger charge is 2.34. The van der Waals surface area contributed by atoms with Crippen molar-refractivity contribution in [2.45, 2.75) is 44.7 Å². The van der Waals surface area contributed by atoms with Crippen molar-refractivity contribution in [2.75, 3.05) is 20.2 Å². The summed E-state index contributed by atoms with van der Waals surface area (Å²) < 4.78 is 10.3. The standard InChI is InChI=1S/C22H27N3O4/c1-28-19-8-6-17(7-9-19)15-25(22(27)20-10-11-23-29-20)18-3-2-12-24(21(26)13-18)14-16-4-5-16/h6-11,16,18H,2-5,12-15H2,1H3. The molecule has 2 aromatic rings. The molecule has 7 heteroatoms. The summed E-state index contributed by atoms with van der Waals surface area (Å²) in [5.41, 5.74) is 0.977. The van der Waals surface area contributed by atoms with Gasteiger partial charge in [0.25, 0.3) is 5.91 Å². The van der Waals surface area contributed by atoms with E-state index in [-0.39, 0.29) is 23.6 Å². The Bertz CT molecular complexity index is 830. The van der Waals surface area contributed by atoms with Crippen LogP contribution in [-0.4, -0.2) is 53.0 Å². The number of amides is 2. The Balaban J connectivity index is 1.53. The summed E-state index contributed by atoms with van der Waals surface area (Å²) in [6, 6.07) is 9.05. The first-order valence-corrected chi connectivity index (χ1v) is 10.3. The molecule has 1 saturated carbocycles. The van der Waals surface area contributed by atoms with Crippen LogP contribution in [0.1, 0.15) is 48.2 Å². The summed E-state index contributed by atoms with van der Waals surface area (Å²) in [5, 5.41) is 3.67. The SMILES string of the molecule is COc1ccc(CN(C(=O)c2ccno2)C2CCCN(CC3CC3)C(=O)C2)cc1. The van der Waals surface area contributed by atoms with Gasteiger partial charge >= 0.3 is 0 Å². The molecule has 7 nitrogen and oxygen atoms in total. The molecule has 1 saturated heterocycles. The molecule has 1 aliphatic carbocycles. The zero-order valence-electron chi connectivity index (χ0n) is 16.8. The third kappa shape index (κ3) is 4.78. The molecule has 2 fully saturated rings. The number of rotatable bonds is 7. The third-order valence-corrected chi connectivity index (χ3v) is 5.77. The largest absolute Gasteiger partial charge is 0.497 e. The van der Waals surface area contributed by atoms with Crippen molar-refractivity contribution in [3.8, 4) is 5.75 Å². The van der Waals surface area contributed by atoms with Crippen molar-refractivity contribution in [2.24, 2.45) is 5.92 Å². The van der Waals surface area contributed by atoms with Crippen LogP contribution < -0.4 is 4.74 Å². The Morgan fingerprint density at radius 1 is 1.24 bits per heavy atom. The van der Waals surface area contributed by atoms with E-state index in [0.29, 0.717) is 18.9 Å². The van der Waals surface area contributed by atoms with Crippen LogP contribution in [0.4, 0.5) is 0 Å². The first-order valence-electron chi connectivity index (χ1n) is 10.3. The molecule has 1 aromatic heterocycles. The molecule has 0 spiro atoms. The molecule has 1 atom stereocenters. The van der Waals surface area contributed by atoms with E-state index < -0.39 is 0 Å². The highest BCUT2D eigenvalue weighted by molar-refractivity contribution is 5.92. The van der Waals surface area contributed by atoms with Crippen LogP contribution in [0, 0.1) is 5.92 Å². The van der Waals surface area contributed by atoms with Crippen LogP contribution >= 0.6 is 0 Å². The average molecular weight is 397 g/mol. The minimum atomic E-state index is -0.230. The van der Waals surface area contributed by atoms with E-state index in [1.54, 1.807) is 18.1 Å². The summed E-state index contributed by atoms with van der Waals surface area (Å²) in [4.78, 5) is 29.8. The summed E-state index contributed by atoms with van der Waals surface area (Å²) in [6.07, 6.45) is 5.95. The number of likely N-dealkylation sites (tertiary alicyclic amines) is 1. The number of hydrogen-bond acceptors (Lipinski definition) is 5. The van der Waals surface area contributed by atoms with Crippen molar-refractivity contribution >= 4 is 11.8 Å². The van der Waals surface area contributed by atoms with Crippen LogP contribution in [0.2, 0.25) is 0 Å². The normalized spacial score (nSPS) is 19.7. The Labute approximate surface area is 170 Å². The smallest absolute Gasteiger partial charge is 0.293 e. The molecule has 0 radical (unpaired) electrons. The van der Waals surface area contributed by atoms with Gasteiger partial charge in [-0.05, 0) is 49.3 Å². The van der Waals surface area contributed by atoms with Gasteiger partial charge in [0.05, 0.1) is 13.3 Å². The first-order chi connectivity index (χ1) is 14.1.